The van der Waals surface area contributed by atoms with Gasteiger partial charge in [-0.2, -0.15) is 0 Å². The van der Waals surface area contributed by atoms with Crippen molar-refractivity contribution in [1.29, 1.82) is 0 Å². The fourth-order valence-corrected chi connectivity index (χ4v) is 4.71. The largest absolute Gasteiger partial charge is 0.299 e. The number of fused-ring (bicyclic) bond motifs is 1. The van der Waals surface area contributed by atoms with Crippen LogP contribution in [0.4, 0.5) is 0 Å². The molecule has 2 nitrogen and oxygen atoms in total. The van der Waals surface area contributed by atoms with Crippen molar-refractivity contribution in [2.24, 2.45) is 11.8 Å². The molecule has 0 amide bonds. The van der Waals surface area contributed by atoms with E-state index >= 15 is 0 Å². The van der Waals surface area contributed by atoms with E-state index in [0.29, 0.717) is 11.7 Å². The second-order valence-corrected chi connectivity index (χ2v) is 7.45. The smallest absolute Gasteiger partial charge is 0.137 e. The van der Waals surface area contributed by atoms with E-state index in [2.05, 4.69) is 23.3 Å². The fraction of sp³-hybridized carbons (Fsp3) is 0.706. The minimum Gasteiger partial charge on any atom is -0.299 e. The lowest BCUT2D eigenvalue weighted by molar-refractivity contribution is -0.126. The zero-order valence-electron chi connectivity index (χ0n) is 12.4. The molecule has 2 atom stereocenters. The Bertz CT molecular complexity index is 467. The summed E-state index contributed by atoms with van der Waals surface area (Å²) in [6.07, 6.45) is 6.84. The first-order chi connectivity index (χ1) is 9.76. The van der Waals surface area contributed by atoms with E-state index in [0.717, 1.165) is 44.8 Å². The summed E-state index contributed by atoms with van der Waals surface area (Å²) in [6, 6.07) is 2.26. The molecule has 1 aliphatic heterocycles. The van der Waals surface area contributed by atoms with Crippen molar-refractivity contribution >= 4 is 17.1 Å². The summed E-state index contributed by atoms with van der Waals surface area (Å²) in [5.41, 5.74) is 1.50. The van der Waals surface area contributed by atoms with Crippen LogP contribution in [-0.2, 0) is 17.8 Å². The van der Waals surface area contributed by atoms with Gasteiger partial charge in [0.1, 0.15) is 5.78 Å². The normalized spacial score (nSPS) is 27.6. The van der Waals surface area contributed by atoms with Crippen LogP contribution in [0, 0.1) is 11.8 Å². The lowest BCUT2D eigenvalue weighted by atomic mass is 9.78. The Morgan fingerprint density at radius 3 is 3.15 bits per heavy atom. The predicted molar refractivity (Wildman–Crippen MR) is 84.0 cm³/mol. The SMILES string of the molecule is CCCC1CCC(=O)C(CN2CCc3sccc3C2)C1. The molecule has 1 aliphatic carbocycles. The summed E-state index contributed by atoms with van der Waals surface area (Å²) < 4.78 is 0. The van der Waals surface area contributed by atoms with Crippen LogP contribution < -0.4 is 0 Å². The summed E-state index contributed by atoms with van der Waals surface area (Å²) in [5, 5.41) is 2.21. The van der Waals surface area contributed by atoms with Gasteiger partial charge in [-0.1, -0.05) is 19.8 Å². The highest BCUT2D eigenvalue weighted by atomic mass is 32.1. The molecule has 2 aliphatic rings. The fourth-order valence-electron chi connectivity index (χ4n) is 3.82. The number of Topliss-reactive ketones (excluding diaryl/α,β-unsaturated/α-hetero) is 1. The molecular formula is C17H25NOS. The first-order valence-corrected chi connectivity index (χ1v) is 8.94. The van der Waals surface area contributed by atoms with Gasteiger partial charge >= 0.3 is 0 Å². The van der Waals surface area contributed by atoms with Crippen molar-refractivity contribution in [3.05, 3.63) is 21.9 Å². The lowest BCUT2D eigenvalue weighted by Crippen LogP contribution is -2.39. The highest BCUT2D eigenvalue weighted by Gasteiger charge is 2.30. The van der Waals surface area contributed by atoms with Gasteiger partial charge in [0.05, 0.1) is 0 Å². The van der Waals surface area contributed by atoms with E-state index in [1.165, 1.54) is 24.8 Å². The molecular weight excluding hydrogens is 266 g/mol. The molecule has 1 saturated carbocycles. The Balaban J connectivity index is 1.58. The molecule has 2 unspecified atom stereocenters. The molecule has 3 rings (SSSR count). The van der Waals surface area contributed by atoms with Crippen LogP contribution >= 0.6 is 11.3 Å². The summed E-state index contributed by atoms with van der Waals surface area (Å²) in [4.78, 5) is 16.3. The Morgan fingerprint density at radius 1 is 1.40 bits per heavy atom. The maximum atomic E-state index is 12.2. The average Bonchev–Trinajstić information content (AvgIpc) is 2.90. The molecule has 20 heavy (non-hydrogen) atoms. The van der Waals surface area contributed by atoms with Crippen LogP contribution in [0.1, 0.15) is 49.5 Å². The monoisotopic (exact) mass is 291 g/mol. The Hall–Kier alpha value is -0.670. The highest BCUT2D eigenvalue weighted by Crippen LogP contribution is 2.32. The molecule has 1 aromatic rings. The van der Waals surface area contributed by atoms with Gasteiger partial charge in [0.15, 0.2) is 0 Å². The van der Waals surface area contributed by atoms with Gasteiger partial charge in [-0.05, 0) is 42.2 Å². The van der Waals surface area contributed by atoms with Gasteiger partial charge in [-0.25, -0.2) is 0 Å². The van der Waals surface area contributed by atoms with Crippen LogP contribution in [0.25, 0.3) is 0 Å². The number of nitrogens with zero attached hydrogens (tertiary/aromatic N) is 1. The average molecular weight is 291 g/mol. The topological polar surface area (TPSA) is 20.3 Å². The second-order valence-electron chi connectivity index (χ2n) is 6.45. The van der Waals surface area contributed by atoms with Crippen molar-refractivity contribution in [1.82, 2.24) is 4.90 Å². The van der Waals surface area contributed by atoms with Crippen LogP contribution in [0.15, 0.2) is 11.4 Å². The number of hydrogen-bond acceptors (Lipinski definition) is 3. The number of thiophene rings is 1. The molecule has 1 aromatic heterocycles. The number of carbonyl (C=O) groups is 1. The number of ketones is 1. The molecule has 0 aromatic carbocycles. The van der Waals surface area contributed by atoms with Crippen LogP contribution in [-0.4, -0.2) is 23.8 Å². The third-order valence-corrected chi connectivity index (χ3v) is 5.96. The van der Waals surface area contributed by atoms with Gasteiger partial charge in [-0.15, -0.1) is 11.3 Å². The minimum absolute atomic E-state index is 0.306. The van der Waals surface area contributed by atoms with Gasteiger partial charge in [0.25, 0.3) is 0 Å². The Labute approximate surface area is 126 Å². The Morgan fingerprint density at radius 2 is 2.30 bits per heavy atom. The van der Waals surface area contributed by atoms with Crippen molar-refractivity contribution in [2.75, 3.05) is 13.1 Å². The maximum absolute atomic E-state index is 12.2. The zero-order valence-corrected chi connectivity index (χ0v) is 13.3. The van der Waals surface area contributed by atoms with E-state index in [9.17, 15) is 4.79 Å². The van der Waals surface area contributed by atoms with Gasteiger partial charge in [0, 0.05) is 36.9 Å². The molecule has 0 N–H and O–H groups in total. The van der Waals surface area contributed by atoms with Crippen molar-refractivity contribution in [3.63, 3.8) is 0 Å². The quantitative estimate of drug-likeness (QED) is 0.839. The van der Waals surface area contributed by atoms with Crippen LogP contribution in [0.5, 0.6) is 0 Å². The van der Waals surface area contributed by atoms with Crippen molar-refractivity contribution in [2.45, 2.75) is 52.0 Å². The van der Waals surface area contributed by atoms with Crippen molar-refractivity contribution < 1.29 is 4.79 Å². The molecule has 0 bridgehead atoms. The van der Waals surface area contributed by atoms with E-state index in [1.54, 1.807) is 4.88 Å². The van der Waals surface area contributed by atoms with E-state index < -0.39 is 0 Å². The lowest BCUT2D eigenvalue weighted by Gasteiger charge is -2.34. The Kier molecular flexibility index (Phi) is 4.57. The van der Waals surface area contributed by atoms with Crippen molar-refractivity contribution in [3.8, 4) is 0 Å². The van der Waals surface area contributed by atoms with Gasteiger partial charge in [-0.3, -0.25) is 9.69 Å². The molecule has 2 heterocycles. The highest BCUT2D eigenvalue weighted by molar-refractivity contribution is 7.10. The maximum Gasteiger partial charge on any atom is 0.137 e. The first-order valence-electron chi connectivity index (χ1n) is 8.06. The number of hydrogen-bond donors (Lipinski definition) is 0. The van der Waals surface area contributed by atoms with Crippen LogP contribution in [0.2, 0.25) is 0 Å². The second kappa shape index (κ2) is 6.40. The summed E-state index contributed by atoms with van der Waals surface area (Å²) in [5.74, 6) is 1.62. The molecule has 0 saturated heterocycles. The minimum atomic E-state index is 0.306. The number of carbonyl (C=O) groups excluding carboxylic acids is 1. The number of rotatable bonds is 4. The molecule has 0 spiro atoms. The van der Waals surface area contributed by atoms with E-state index in [4.69, 9.17) is 0 Å². The summed E-state index contributed by atoms with van der Waals surface area (Å²) >= 11 is 1.89. The standard InChI is InChI=1S/C17H25NOS/c1-2-3-13-4-5-16(19)15(10-13)12-18-8-6-17-14(11-18)7-9-20-17/h7,9,13,15H,2-6,8,10-12H2,1H3. The van der Waals surface area contributed by atoms with E-state index in [1.807, 2.05) is 11.3 Å². The molecule has 0 radical (unpaired) electrons. The predicted octanol–water partition coefficient (Wildman–Crippen LogP) is 3.89. The summed E-state index contributed by atoms with van der Waals surface area (Å²) in [7, 11) is 0. The van der Waals surface area contributed by atoms with Gasteiger partial charge < -0.3 is 0 Å². The third-order valence-electron chi connectivity index (χ3n) is 4.93. The first kappa shape index (κ1) is 14.3. The summed E-state index contributed by atoms with van der Waals surface area (Å²) in [6.45, 7) is 5.44. The van der Waals surface area contributed by atoms with E-state index in [-0.39, 0.29) is 0 Å². The van der Waals surface area contributed by atoms with Gasteiger partial charge in [0.2, 0.25) is 0 Å². The zero-order chi connectivity index (χ0) is 13.9. The molecule has 110 valence electrons. The third kappa shape index (κ3) is 3.15. The van der Waals surface area contributed by atoms with Crippen LogP contribution in [0.3, 0.4) is 0 Å². The molecule has 3 heteroatoms. The molecule has 1 fully saturated rings.